The van der Waals surface area contributed by atoms with Gasteiger partial charge in [-0.25, -0.2) is 0 Å². The number of likely N-dealkylation sites (N-methyl/N-ethyl adjacent to an activating group) is 1. The standard InChI is InChI=1S/C18H30N2O/c1-5-19-18(16-6-8-17(21-4)9-7-16)15(3)20-12-10-14(2)11-13-20/h6-9,14-15,18-19H,5,10-13H2,1-4H3. The first kappa shape index (κ1) is 16.3. The van der Waals surface area contributed by atoms with E-state index in [0.29, 0.717) is 12.1 Å². The van der Waals surface area contributed by atoms with Crippen molar-refractivity contribution in [3.63, 3.8) is 0 Å². The Morgan fingerprint density at radius 3 is 2.38 bits per heavy atom. The summed E-state index contributed by atoms with van der Waals surface area (Å²) in [5.74, 6) is 1.81. The Labute approximate surface area is 129 Å². The lowest BCUT2D eigenvalue weighted by atomic mass is 9.94. The number of nitrogens with one attached hydrogen (secondary N) is 1. The largest absolute Gasteiger partial charge is 0.497 e. The molecule has 0 bridgehead atoms. The number of nitrogens with zero attached hydrogens (tertiary/aromatic N) is 1. The molecule has 1 aromatic rings. The molecule has 1 aliphatic rings. The second kappa shape index (κ2) is 7.81. The van der Waals surface area contributed by atoms with Crippen LogP contribution < -0.4 is 10.1 Å². The van der Waals surface area contributed by atoms with Crippen LogP contribution in [0.2, 0.25) is 0 Å². The van der Waals surface area contributed by atoms with E-state index in [2.05, 4.69) is 55.3 Å². The van der Waals surface area contributed by atoms with Crippen LogP contribution in [0.3, 0.4) is 0 Å². The summed E-state index contributed by atoms with van der Waals surface area (Å²) in [6.07, 6.45) is 2.65. The van der Waals surface area contributed by atoms with E-state index >= 15 is 0 Å². The number of hydrogen-bond acceptors (Lipinski definition) is 3. The number of benzene rings is 1. The van der Waals surface area contributed by atoms with Crippen LogP contribution in [-0.2, 0) is 0 Å². The molecular formula is C18H30N2O. The summed E-state index contributed by atoms with van der Waals surface area (Å²) >= 11 is 0. The van der Waals surface area contributed by atoms with Crippen molar-refractivity contribution in [3.8, 4) is 5.75 Å². The van der Waals surface area contributed by atoms with E-state index in [1.165, 1.54) is 31.5 Å². The van der Waals surface area contributed by atoms with Gasteiger partial charge in [-0.3, -0.25) is 4.90 Å². The minimum Gasteiger partial charge on any atom is -0.497 e. The quantitative estimate of drug-likeness (QED) is 0.868. The monoisotopic (exact) mass is 290 g/mol. The van der Waals surface area contributed by atoms with Gasteiger partial charge in [-0.15, -0.1) is 0 Å². The van der Waals surface area contributed by atoms with Gasteiger partial charge in [-0.1, -0.05) is 26.0 Å². The van der Waals surface area contributed by atoms with Crippen LogP contribution >= 0.6 is 0 Å². The van der Waals surface area contributed by atoms with Crippen molar-refractivity contribution in [2.75, 3.05) is 26.7 Å². The maximum atomic E-state index is 5.27. The number of rotatable bonds is 6. The van der Waals surface area contributed by atoms with Crippen LogP contribution in [-0.4, -0.2) is 37.7 Å². The molecule has 0 amide bonds. The third-order valence-electron chi connectivity index (χ3n) is 4.78. The number of ether oxygens (including phenoxy) is 1. The number of likely N-dealkylation sites (tertiary alicyclic amines) is 1. The van der Waals surface area contributed by atoms with E-state index in [9.17, 15) is 0 Å². The van der Waals surface area contributed by atoms with Gasteiger partial charge in [0.2, 0.25) is 0 Å². The van der Waals surface area contributed by atoms with E-state index in [1.54, 1.807) is 7.11 Å². The van der Waals surface area contributed by atoms with E-state index in [-0.39, 0.29) is 0 Å². The molecule has 2 atom stereocenters. The molecule has 1 aliphatic heterocycles. The highest BCUT2D eigenvalue weighted by molar-refractivity contribution is 5.30. The van der Waals surface area contributed by atoms with Crippen LogP contribution in [0.1, 0.15) is 45.2 Å². The topological polar surface area (TPSA) is 24.5 Å². The molecule has 0 saturated carbocycles. The maximum absolute atomic E-state index is 5.27. The molecule has 1 N–H and O–H groups in total. The van der Waals surface area contributed by atoms with Crippen molar-refractivity contribution in [2.24, 2.45) is 5.92 Å². The molecular weight excluding hydrogens is 260 g/mol. The molecule has 2 rings (SSSR count). The molecule has 0 aromatic heterocycles. The second-order valence-corrected chi connectivity index (χ2v) is 6.27. The molecule has 2 unspecified atom stereocenters. The van der Waals surface area contributed by atoms with Crippen LogP contribution in [0.15, 0.2) is 24.3 Å². The van der Waals surface area contributed by atoms with Gasteiger partial charge < -0.3 is 10.1 Å². The minimum atomic E-state index is 0.384. The van der Waals surface area contributed by atoms with Crippen molar-refractivity contribution in [2.45, 2.75) is 45.7 Å². The van der Waals surface area contributed by atoms with Gasteiger partial charge in [0.1, 0.15) is 5.75 Å². The zero-order chi connectivity index (χ0) is 15.2. The predicted molar refractivity (Wildman–Crippen MR) is 88.8 cm³/mol. The van der Waals surface area contributed by atoms with Crippen LogP contribution in [0.5, 0.6) is 5.75 Å². The fourth-order valence-electron chi connectivity index (χ4n) is 3.24. The third kappa shape index (κ3) is 4.21. The number of piperidine rings is 1. The summed E-state index contributed by atoms with van der Waals surface area (Å²) < 4.78 is 5.27. The summed E-state index contributed by atoms with van der Waals surface area (Å²) in [4.78, 5) is 2.64. The summed E-state index contributed by atoms with van der Waals surface area (Å²) in [7, 11) is 1.72. The van der Waals surface area contributed by atoms with E-state index in [4.69, 9.17) is 4.74 Å². The first-order valence-corrected chi connectivity index (χ1v) is 8.27. The molecule has 1 aromatic carbocycles. The Hall–Kier alpha value is -1.06. The Morgan fingerprint density at radius 1 is 1.24 bits per heavy atom. The van der Waals surface area contributed by atoms with Crippen LogP contribution in [0, 0.1) is 5.92 Å². The fraction of sp³-hybridized carbons (Fsp3) is 0.667. The molecule has 3 nitrogen and oxygen atoms in total. The molecule has 1 fully saturated rings. The molecule has 0 spiro atoms. The van der Waals surface area contributed by atoms with Crippen LogP contribution in [0.4, 0.5) is 0 Å². The highest BCUT2D eigenvalue weighted by Gasteiger charge is 2.27. The van der Waals surface area contributed by atoms with E-state index < -0.39 is 0 Å². The Bertz CT molecular complexity index is 410. The third-order valence-corrected chi connectivity index (χ3v) is 4.78. The summed E-state index contributed by atoms with van der Waals surface area (Å²) in [6.45, 7) is 10.3. The zero-order valence-corrected chi connectivity index (χ0v) is 13.9. The molecule has 1 saturated heterocycles. The molecule has 118 valence electrons. The van der Waals surface area contributed by atoms with Crippen molar-refractivity contribution in [1.29, 1.82) is 0 Å². The first-order valence-electron chi connectivity index (χ1n) is 8.27. The smallest absolute Gasteiger partial charge is 0.118 e. The van der Waals surface area contributed by atoms with Gasteiger partial charge in [0.05, 0.1) is 7.11 Å². The SMILES string of the molecule is CCNC(c1ccc(OC)cc1)C(C)N1CCC(C)CC1. The van der Waals surface area contributed by atoms with Crippen molar-refractivity contribution in [1.82, 2.24) is 10.2 Å². The van der Waals surface area contributed by atoms with Crippen molar-refractivity contribution in [3.05, 3.63) is 29.8 Å². The lowest BCUT2D eigenvalue weighted by Crippen LogP contribution is -2.46. The number of hydrogen-bond donors (Lipinski definition) is 1. The van der Waals surface area contributed by atoms with E-state index in [1.807, 2.05) is 0 Å². The van der Waals surface area contributed by atoms with E-state index in [0.717, 1.165) is 18.2 Å². The number of methoxy groups -OCH3 is 1. The second-order valence-electron chi connectivity index (χ2n) is 6.27. The van der Waals surface area contributed by atoms with Crippen molar-refractivity contribution < 1.29 is 4.74 Å². The zero-order valence-electron chi connectivity index (χ0n) is 13.9. The lowest BCUT2D eigenvalue weighted by Gasteiger charge is -2.39. The van der Waals surface area contributed by atoms with Crippen molar-refractivity contribution >= 4 is 0 Å². The van der Waals surface area contributed by atoms with Gasteiger partial charge in [-0.05, 0) is 63.0 Å². The summed E-state index contributed by atoms with van der Waals surface area (Å²) in [6, 6.07) is 9.40. The molecule has 3 heteroatoms. The Kier molecular flexibility index (Phi) is 6.07. The predicted octanol–water partition coefficient (Wildman–Crippen LogP) is 3.47. The van der Waals surface area contributed by atoms with Gasteiger partial charge in [0.15, 0.2) is 0 Å². The molecule has 0 aliphatic carbocycles. The van der Waals surface area contributed by atoms with Gasteiger partial charge in [-0.2, -0.15) is 0 Å². The minimum absolute atomic E-state index is 0.384. The van der Waals surface area contributed by atoms with Gasteiger partial charge >= 0.3 is 0 Å². The molecule has 1 heterocycles. The molecule has 0 radical (unpaired) electrons. The normalized spacial score (nSPS) is 20.2. The summed E-state index contributed by atoms with van der Waals surface area (Å²) in [5, 5.41) is 3.66. The average molecular weight is 290 g/mol. The highest BCUT2D eigenvalue weighted by atomic mass is 16.5. The average Bonchev–Trinajstić information content (AvgIpc) is 2.53. The van der Waals surface area contributed by atoms with Crippen LogP contribution in [0.25, 0.3) is 0 Å². The lowest BCUT2D eigenvalue weighted by molar-refractivity contribution is 0.121. The molecule has 21 heavy (non-hydrogen) atoms. The summed E-state index contributed by atoms with van der Waals surface area (Å²) in [5.41, 5.74) is 1.35. The van der Waals surface area contributed by atoms with Gasteiger partial charge in [0.25, 0.3) is 0 Å². The fourth-order valence-corrected chi connectivity index (χ4v) is 3.24. The maximum Gasteiger partial charge on any atom is 0.118 e. The first-order chi connectivity index (χ1) is 10.2. The van der Waals surface area contributed by atoms with Gasteiger partial charge in [0, 0.05) is 12.1 Å². The Balaban J connectivity index is 2.09. The highest BCUT2D eigenvalue weighted by Crippen LogP contribution is 2.26. The Morgan fingerprint density at radius 2 is 1.86 bits per heavy atom.